The van der Waals surface area contributed by atoms with Crippen LogP contribution in [0.15, 0.2) is 6.08 Å². The van der Waals surface area contributed by atoms with Gasteiger partial charge in [0.05, 0.1) is 12.7 Å². The predicted octanol–water partition coefficient (Wildman–Crippen LogP) is 3.61. The van der Waals surface area contributed by atoms with Crippen molar-refractivity contribution in [3.8, 4) is 5.75 Å². The fourth-order valence-electron chi connectivity index (χ4n) is 1.44. The Morgan fingerprint density at radius 2 is 1.48 bits per heavy atom. The van der Waals surface area contributed by atoms with Crippen molar-refractivity contribution in [1.29, 1.82) is 0 Å². The lowest BCUT2D eigenvalue weighted by Crippen LogP contribution is -2.22. The Balaban J connectivity index is 3.19. The summed E-state index contributed by atoms with van der Waals surface area (Å²) in [6.07, 6.45) is 1.28. The van der Waals surface area contributed by atoms with E-state index >= 15 is 0 Å². The van der Waals surface area contributed by atoms with Gasteiger partial charge in [-0.3, -0.25) is 0 Å². The summed E-state index contributed by atoms with van der Waals surface area (Å²) >= 11 is 0. The van der Waals surface area contributed by atoms with Crippen molar-refractivity contribution in [1.82, 2.24) is 0 Å². The molecule has 116 valence electrons. The largest absolute Gasteiger partial charge is 0.491 e. The van der Waals surface area contributed by atoms with Gasteiger partial charge >= 0.3 is 5.97 Å². The van der Waals surface area contributed by atoms with Crippen molar-refractivity contribution < 1.29 is 31.8 Å². The van der Waals surface area contributed by atoms with Crippen molar-refractivity contribution in [3.05, 3.63) is 34.9 Å². The lowest BCUT2D eigenvalue weighted by Gasteiger charge is -2.17. The van der Waals surface area contributed by atoms with Gasteiger partial charge in [-0.15, -0.1) is 0 Å². The molecule has 0 bridgehead atoms. The number of carbonyl (C=O) groups excluding carboxylic acids is 1. The average Bonchev–Trinajstić information content (AvgIpc) is 2.35. The Labute approximate surface area is 119 Å². The van der Waals surface area contributed by atoms with E-state index in [2.05, 4.69) is 4.74 Å². The van der Waals surface area contributed by atoms with Gasteiger partial charge in [-0.2, -0.15) is 8.78 Å². The molecule has 0 unspecified atom stereocenters. The molecule has 0 fully saturated rings. The van der Waals surface area contributed by atoms with Crippen molar-refractivity contribution in [2.45, 2.75) is 26.4 Å². The summed E-state index contributed by atoms with van der Waals surface area (Å²) in [5.74, 6) is -8.76. The van der Waals surface area contributed by atoms with Crippen molar-refractivity contribution in [2.75, 3.05) is 7.11 Å². The molecule has 1 rings (SSSR count). The average molecular weight is 306 g/mol. The summed E-state index contributed by atoms with van der Waals surface area (Å²) in [7, 11) is 0.872. The van der Waals surface area contributed by atoms with Crippen LogP contribution in [0.4, 0.5) is 17.6 Å². The molecule has 0 atom stereocenters. The fourth-order valence-corrected chi connectivity index (χ4v) is 1.44. The zero-order valence-electron chi connectivity index (χ0n) is 11.9. The second-order valence-electron chi connectivity index (χ2n) is 5.07. The smallest absolute Gasteiger partial charge is 0.331 e. The first-order valence-corrected chi connectivity index (χ1v) is 5.89. The Morgan fingerprint density at radius 1 is 1.00 bits per heavy atom. The first-order valence-electron chi connectivity index (χ1n) is 5.89. The molecule has 1 aromatic carbocycles. The van der Waals surface area contributed by atoms with Crippen LogP contribution in [0.1, 0.15) is 26.3 Å². The Hall–Kier alpha value is -2.05. The van der Waals surface area contributed by atoms with Crippen LogP contribution in [-0.4, -0.2) is 18.7 Å². The van der Waals surface area contributed by atoms with Crippen LogP contribution in [0.5, 0.6) is 5.75 Å². The third-order valence-electron chi connectivity index (χ3n) is 2.25. The van der Waals surface area contributed by atoms with Gasteiger partial charge in [0.2, 0.25) is 11.6 Å². The molecule has 21 heavy (non-hydrogen) atoms. The molecule has 3 nitrogen and oxygen atoms in total. The number of hydrogen-bond donors (Lipinski definition) is 0. The van der Waals surface area contributed by atoms with E-state index in [0.29, 0.717) is 12.2 Å². The van der Waals surface area contributed by atoms with E-state index in [1.165, 1.54) is 0 Å². The zero-order valence-corrected chi connectivity index (χ0v) is 11.9. The minimum atomic E-state index is -1.68. The first kappa shape index (κ1) is 17.0. The monoisotopic (exact) mass is 306 g/mol. The molecule has 7 heteroatoms. The molecule has 0 aliphatic rings. The summed E-state index contributed by atoms with van der Waals surface area (Å²) in [6, 6.07) is 0. The lowest BCUT2D eigenvalue weighted by molar-refractivity contribution is -0.148. The quantitative estimate of drug-likeness (QED) is 0.370. The third kappa shape index (κ3) is 3.96. The topological polar surface area (TPSA) is 35.5 Å². The van der Waals surface area contributed by atoms with Crippen molar-refractivity contribution in [2.24, 2.45) is 0 Å². The van der Waals surface area contributed by atoms with E-state index in [1.54, 1.807) is 20.8 Å². The van der Waals surface area contributed by atoms with E-state index in [4.69, 9.17) is 4.74 Å². The Bertz CT molecular complexity index is 560. The van der Waals surface area contributed by atoms with Crippen LogP contribution >= 0.6 is 0 Å². The molecule has 0 radical (unpaired) electrons. The Kier molecular flexibility index (Phi) is 4.98. The van der Waals surface area contributed by atoms with Gasteiger partial charge in [-0.05, 0) is 26.8 Å². The second-order valence-corrected chi connectivity index (χ2v) is 5.07. The molecule has 0 saturated carbocycles. The SMILES string of the molecule is COc1c(F)c(F)c(/C=C/C(=O)OC(C)(C)C)c(F)c1F. The molecule has 1 aromatic rings. The van der Waals surface area contributed by atoms with E-state index in [1.807, 2.05) is 0 Å². The number of carbonyl (C=O) groups is 1. The number of halogens is 4. The highest BCUT2D eigenvalue weighted by Gasteiger charge is 2.25. The van der Waals surface area contributed by atoms with E-state index in [-0.39, 0.29) is 0 Å². The maximum atomic E-state index is 13.6. The number of hydrogen-bond acceptors (Lipinski definition) is 3. The summed E-state index contributed by atoms with van der Waals surface area (Å²) in [5, 5.41) is 0. The number of methoxy groups -OCH3 is 1. The minimum Gasteiger partial charge on any atom is -0.491 e. The van der Waals surface area contributed by atoms with Gasteiger partial charge in [-0.1, -0.05) is 0 Å². The van der Waals surface area contributed by atoms with Gasteiger partial charge < -0.3 is 9.47 Å². The minimum absolute atomic E-state index is 0.602. The molecule has 0 spiro atoms. The fraction of sp³-hybridized carbons (Fsp3) is 0.357. The molecular weight excluding hydrogens is 292 g/mol. The molecule has 0 heterocycles. The van der Waals surface area contributed by atoms with Crippen LogP contribution in [0.25, 0.3) is 6.08 Å². The predicted molar refractivity (Wildman–Crippen MR) is 67.7 cm³/mol. The van der Waals surface area contributed by atoms with Crippen LogP contribution in [0.3, 0.4) is 0 Å². The van der Waals surface area contributed by atoms with Crippen LogP contribution in [0, 0.1) is 23.3 Å². The number of rotatable bonds is 3. The normalized spacial score (nSPS) is 11.8. The maximum Gasteiger partial charge on any atom is 0.331 e. The number of esters is 1. The van der Waals surface area contributed by atoms with Crippen LogP contribution in [-0.2, 0) is 9.53 Å². The molecule has 0 aliphatic carbocycles. The molecule has 0 N–H and O–H groups in total. The molecule has 0 saturated heterocycles. The standard InChI is InChI=1S/C14H14F4O3/c1-14(2,3)21-8(19)6-5-7-9(15)11(17)13(20-4)12(18)10(7)16/h5-6H,1-4H3/b6-5+. The highest BCUT2D eigenvalue weighted by Crippen LogP contribution is 2.30. The lowest BCUT2D eigenvalue weighted by atomic mass is 10.1. The van der Waals surface area contributed by atoms with Gasteiger partial charge in [0.1, 0.15) is 5.60 Å². The molecule has 0 aliphatic heterocycles. The number of benzene rings is 1. The van der Waals surface area contributed by atoms with E-state index in [9.17, 15) is 22.4 Å². The van der Waals surface area contributed by atoms with Crippen molar-refractivity contribution >= 4 is 12.0 Å². The summed E-state index contributed by atoms with van der Waals surface area (Å²) in [6.45, 7) is 4.77. The molecule has 0 aromatic heterocycles. The van der Waals surface area contributed by atoms with Gasteiger partial charge in [0.15, 0.2) is 17.4 Å². The van der Waals surface area contributed by atoms with Gasteiger partial charge in [0.25, 0.3) is 0 Å². The van der Waals surface area contributed by atoms with E-state index in [0.717, 1.165) is 7.11 Å². The van der Waals surface area contributed by atoms with Crippen LogP contribution in [0.2, 0.25) is 0 Å². The van der Waals surface area contributed by atoms with Gasteiger partial charge in [0, 0.05) is 6.08 Å². The molecular formula is C14H14F4O3. The highest BCUT2D eigenvalue weighted by atomic mass is 19.2. The van der Waals surface area contributed by atoms with Crippen molar-refractivity contribution in [3.63, 3.8) is 0 Å². The van der Waals surface area contributed by atoms with E-state index < -0.39 is 46.2 Å². The number of ether oxygens (including phenoxy) is 2. The third-order valence-corrected chi connectivity index (χ3v) is 2.25. The first-order chi connectivity index (χ1) is 9.58. The highest BCUT2D eigenvalue weighted by molar-refractivity contribution is 5.87. The Morgan fingerprint density at radius 3 is 1.86 bits per heavy atom. The maximum absolute atomic E-state index is 13.6. The molecule has 0 amide bonds. The summed E-state index contributed by atoms with van der Waals surface area (Å²) in [4.78, 5) is 11.4. The zero-order chi connectivity index (χ0) is 16.4. The van der Waals surface area contributed by atoms with Crippen LogP contribution < -0.4 is 4.74 Å². The summed E-state index contributed by atoms with van der Waals surface area (Å²) in [5.41, 5.74) is -1.84. The summed E-state index contributed by atoms with van der Waals surface area (Å²) < 4.78 is 63.2. The van der Waals surface area contributed by atoms with Gasteiger partial charge in [-0.25, -0.2) is 13.6 Å². The second kappa shape index (κ2) is 6.15.